The number of amides is 1. The topological polar surface area (TPSA) is 38.3 Å². The van der Waals surface area contributed by atoms with Crippen LogP contribution in [-0.2, 0) is 16.3 Å². The van der Waals surface area contributed by atoms with Crippen LogP contribution in [0.3, 0.4) is 0 Å². The highest BCUT2D eigenvalue weighted by Crippen LogP contribution is 2.44. The standard InChI is InChI=1S/C19H17P.C15H21NO2.BrH/c20-19(16-10-4-1-5-11-16,17-12-6-2-7-13-17)18-14-8-3-9-15-18;1-5-13(11-12-9-7-6-8-10-12)16-14(17)18-15(2,3)4;/h1-15H,20H2;5-10,13H,1,11H2,2-4H3,(H,16,17);1H/t;13-;/m.1./s1. The van der Waals surface area contributed by atoms with Gasteiger partial charge in [0.15, 0.2) is 0 Å². The molecule has 5 heteroatoms. The molecule has 0 aliphatic carbocycles. The summed E-state index contributed by atoms with van der Waals surface area (Å²) in [5.41, 5.74) is 4.66. The monoisotopic (exact) mass is 603 g/mol. The number of benzene rings is 4. The second kappa shape index (κ2) is 15.4. The Kier molecular flexibility index (Phi) is 12.6. The molecule has 39 heavy (non-hydrogen) atoms. The fourth-order valence-electron chi connectivity index (χ4n) is 4.19. The van der Waals surface area contributed by atoms with Crippen molar-refractivity contribution in [2.45, 2.75) is 44.0 Å². The van der Waals surface area contributed by atoms with Crippen LogP contribution in [0.15, 0.2) is 134 Å². The highest BCUT2D eigenvalue weighted by Gasteiger charge is 2.36. The molecule has 3 nitrogen and oxygen atoms in total. The van der Waals surface area contributed by atoms with E-state index in [0.717, 1.165) is 5.56 Å². The molecule has 0 spiro atoms. The molecular weight excluding hydrogens is 565 g/mol. The number of halogens is 1. The van der Waals surface area contributed by atoms with E-state index in [0.29, 0.717) is 6.42 Å². The molecule has 2 atom stereocenters. The number of hydrogen-bond donors (Lipinski definition) is 1. The van der Waals surface area contributed by atoms with Crippen molar-refractivity contribution in [1.29, 1.82) is 0 Å². The van der Waals surface area contributed by atoms with Gasteiger partial charge in [0.25, 0.3) is 0 Å². The summed E-state index contributed by atoms with van der Waals surface area (Å²) in [7, 11) is 2.05. The maximum absolute atomic E-state index is 11.6. The summed E-state index contributed by atoms with van der Waals surface area (Å²) in [6.07, 6.45) is 2.02. The van der Waals surface area contributed by atoms with E-state index >= 15 is 0 Å². The molecule has 204 valence electrons. The molecule has 0 saturated carbocycles. The summed E-state index contributed by atoms with van der Waals surface area (Å²) in [6.45, 7) is 9.26. The van der Waals surface area contributed by atoms with E-state index in [2.05, 4.69) is 103 Å². The van der Waals surface area contributed by atoms with Crippen LogP contribution in [0.25, 0.3) is 0 Å². The maximum atomic E-state index is 11.6. The smallest absolute Gasteiger partial charge is 0.408 e. The lowest BCUT2D eigenvalue weighted by molar-refractivity contribution is -0.0000306. The second-order valence-electron chi connectivity index (χ2n) is 10.2. The Morgan fingerprint density at radius 1 is 0.769 bits per heavy atom. The van der Waals surface area contributed by atoms with Gasteiger partial charge in [0.2, 0.25) is 0 Å². The van der Waals surface area contributed by atoms with Crippen LogP contribution in [-0.4, -0.2) is 17.7 Å². The highest BCUT2D eigenvalue weighted by atomic mass is 79.9. The number of carbonyl (C=O) groups excluding carboxylic acids is 1. The molecule has 1 amide bonds. The van der Waals surface area contributed by atoms with Crippen molar-refractivity contribution in [3.05, 3.63) is 156 Å². The largest absolute Gasteiger partial charge is 1.00 e. The van der Waals surface area contributed by atoms with Gasteiger partial charge >= 0.3 is 6.09 Å². The van der Waals surface area contributed by atoms with Crippen LogP contribution in [0.4, 0.5) is 4.79 Å². The van der Waals surface area contributed by atoms with Gasteiger partial charge < -0.3 is 27.0 Å². The third-order valence-corrected chi connectivity index (χ3v) is 7.31. The Morgan fingerprint density at radius 3 is 1.46 bits per heavy atom. The quantitative estimate of drug-likeness (QED) is 0.185. The lowest BCUT2D eigenvalue weighted by Crippen LogP contribution is -3.00. The first-order valence-electron chi connectivity index (χ1n) is 12.9. The fraction of sp³-hybridized carbons (Fsp3) is 0.206. The van der Waals surface area contributed by atoms with Crippen molar-refractivity contribution < 1.29 is 26.5 Å². The summed E-state index contributed by atoms with van der Waals surface area (Å²) < 4.78 is 5.21. The van der Waals surface area contributed by atoms with Gasteiger partial charge in [-0.1, -0.05) is 127 Å². The van der Waals surface area contributed by atoms with Crippen molar-refractivity contribution in [3.63, 3.8) is 0 Å². The molecule has 1 unspecified atom stereocenters. The SMILES string of the molecule is C=C[C@H](Cc1ccccc1)NC(=O)OC(C)(C)C.[Br-].[PH3+]C(c1ccccc1)(c1ccccc1)c1ccccc1. The van der Waals surface area contributed by atoms with Crippen LogP contribution in [0.1, 0.15) is 43.0 Å². The third-order valence-electron chi connectivity index (χ3n) is 6.08. The van der Waals surface area contributed by atoms with E-state index in [1.807, 2.05) is 60.3 Å². The van der Waals surface area contributed by atoms with Gasteiger partial charge in [0.05, 0.1) is 6.04 Å². The molecular formula is C34H39BrNO2P. The molecule has 0 aromatic heterocycles. The summed E-state index contributed by atoms with van der Waals surface area (Å²) in [4.78, 5) is 11.6. The number of ether oxygens (including phenoxy) is 1. The minimum atomic E-state index is -0.484. The summed E-state index contributed by atoms with van der Waals surface area (Å²) in [6, 6.07) is 42.0. The molecule has 0 bridgehead atoms. The Morgan fingerprint density at radius 2 is 1.13 bits per heavy atom. The zero-order valence-corrected chi connectivity index (χ0v) is 26.0. The second-order valence-corrected chi connectivity index (χ2v) is 11.2. The van der Waals surface area contributed by atoms with Gasteiger partial charge in [-0.15, -0.1) is 6.58 Å². The number of alkyl carbamates (subject to hydrolysis) is 1. The molecule has 0 heterocycles. The number of nitrogens with one attached hydrogen (secondary N) is 1. The predicted molar refractivity (Wildman–Crippen MR) is 164 cm³/mol. The Hall–Kier alpha value is -3.20. The van der Waals surface area contributed by atoms with Gasteiger partial charge in [-0.25, -0.2) is 4.79 Å². The predicted octanol–water partition coefficient (Wildman–Crippen LogP) is 4.90. The van der Waals surface area contributed by atoms with Crippen LogP contribution < -0.4 is 22.3 Å². The molecule has 0 saturated heterocycles. The minimum absolute atomic E-state index is 0. The molecule has 1 N–H and O–H groups in total. The zero-order valence-electron chi connectivity index (χ0n) is 23.0. The Labute approximate surface area is 246 Å². The lowest BCUT2D eigenvalue weighted by Gasteiger charge is -2.26. The molecule has 0 fully saturated rings. The van der Waals surface area contributed by atoms with E-state index < -0.39 is 11.7 Å². The molecule has 0 aliphatic rings. The van der Waals surface area contributed by atoms with Gasteiger partial charge in [-0.2, -0.15) is 0 Å². The third kappa shape index (κ3) is 9.80. The Balaban J connectivity index is 0.000000269. The molecule has 4 rings (SSSR count). The Bertz CT molecular complexity index is 1160. The van der Waals surface area contributed by atoms with Gasteiger partial charge in [-0.3, -0.25) is 0 Å². The van der Waals surface area contributed by atoms with Crippen molar-refractivity contribution in [1.82, 2.24) is 5.32 Å². The van der Waals surface area contributed by atoms with Crippen LogP contribution in [0, 0.1) is 0 Å². The van der Waals surface area contributed by atoms with E-state index in [1.54, 1.807) is 6.08 Å². The van der Waals surface area contributed by atoms with Crippen LogP contribution >= 0.6 is 9.24 Å². The summed E-state index contributed by atoms with van der Waals surface area (Å²) in [5.74, 6) is 0. The highest BCUT2D eigenvalue weighted by molar-refractivity contribution is 7.19. The van der Waals surface area contributed by atoms with Crippen molar-refractivity contribution in [2.75, 3.05) is 0 Å². The number of carbonyl (C=O) groups is 1. The first-order valence-corrected chi connectivity index (χ1v) is 13.6. The fourth-order valence-corrected chi connectivity index (χ4v) is 4.90. The van der Waals surface area contributed by atoms with Crippen molar-refractivity contribution >= 4 is 15.3 Å². The van der Waals surface area contributed by atoms with E-state index in [9.17, 15) is 4.79 Å². The molecule has 0 radical (unpaired) electrons. The molecule has 0 aliphatic heterocycles. The van der Waals surface area contributed by atoms with Gasteiger partial charge in [0.1, 0.15) is 10.8 Å². The number of hydrogen-bond acceptors (Lipinski definition) is 2. The average Bonchev–Trinajstić information content (AvgIpc) is 2.93. The normalized spacial score (nSPS) is 11.7. The van der Waals surface area contributed by atoms with Gasteiger partial charge in [-0.05, 0) is 42.0 Å². The van der Waals surface area contributed by atoms with Crippen LogP contribution in [0.5, 0.6) is 0 Å². The number of rotatable bonds is 7. The zero-order chi connectivity index (χ0) is 27.4. The first kappa shape index (κ1) is 32.0. The maximum Gasteiger partial charge on any atom is 0.408 e. The average molecular weight is 605 g/mol. The first-order chi connectivity index (χ1) is 18.2. The lowest BCUT2D eigenvalue weighted by atomic mass is 9.84. The van der Waals surface area contributed by atoms with Crippen LogP contribution in [0.2, 0.25) is 0 Å². The summed E-state index contributed by atoms with van der Waals surface area (Å²) in [5, 5.41) is 2.70. The van der Waals surface area contributed by atoms with Gasteiger partial charge in [0, 0.05) is 16.7 Å². The van der Waals surface area contributed by atoms with E-state index in [4.69, 9.17) is 4.74 Å². The molecule has 4 aromatic carbocycles. The van der Waals surface area contributed by atoms with Crippen molar-refractivity contribution in [3.8, 4) is 0 Å². The minimum Gasteiger partial charge on any atom is -1.00 e. The van der Waals surface area contributed by atoms with Crippen molar-refractivity contribution in [2.24, 2.45) is 0 Å². The molecule has 4 aromatic rings. The van der Waals surface area contributed by atoms with E-state index in [-0.39, 0.29) is 28.2 Å². The van der Waals surface area contributed by atoms with E-state index in [1.165, 1.54) is 16.7 Å². The summed E-state index contributed by atoms with van der Waals surface area (Å²) >= 11 is 0.